The molecule has 0 bridgehead atoms. The number of carboxylic acid groups (broad SMARTS) is 1. The van der Waals surface area contributed by atoms with E-state index in [1.807, 2.05) is 0 Å². The molecule has 4 rings (SSSR count). The number of rotatable bonds is 10. The minimum Gasteiger partial charge on any atom is -0.481 e. The summed E-state index contributed by atoms with van der Waals surface area (Å²) in [5.74, 6) is -3.38. The number of carbonyl (C=O) groups is 2. The number of aromatic nitrogens is 2. The molecule has 4 atom stereocenters. The maximum Gasteiger partial charge on any atom is 0.305 e. The number of carbonyl (C=O) groups excluding carboxylic acids is 1. The standard InChI is InChI=1S/C29H40F2N4O3/c1-18-16-34(17-19(18)2)20(3)13-21(14-27(36)37)32-28(38)25-15-26(35(33-25)22-9-5-6-10-22)23-11-7-8-12-24(23)29(4,30)31/h7-8,11-12,15,18-22H,5-6,9-10,13-14,16-17H2,1-4H3,(H,32,38)(H,36,37)/t18-,19-,20?,21?/m1/s1. The van der Waals surface area contributed by atoms with Crippen LogP contribution in [0.3, 0.4) is 0 Å². The molecule has 1 amide bonds. The lowest BCUT2D eigenvalue weighted by Crippen LogP contribution is -2.42. The Kier molecular flexibility index (Phi) is 8.55. The molecule has 2 fully saturated rings. The summed E-state index contributed by atoms with van der Waals surface area (Å²) in [4.78, 5) is 27.4. The molecule has 1 saturated heterocycles. The molecule has 2 N–H and O–H groups in total. The van der Waals surface area contributed by atoms with Crippen LogP contribution in [0.5, 0.6) is 0 Å². The number of amides is 1. The first kappa shape index (κ1) is 28.2. The molecule has 2 heterocycles. The van der Waals surface area contributed by atoms with Crippen molar-refractivity contribution < 1.29 is 23.5 Å². The van der Waals surface area contributed by atoms with E-state index in [0.29, 0.717) is 29.5 Å². The Morgan fingerprint density at radius 2 is 1.79 bits per heavy atom. The van der Waals surface area contributed by atoms with Crippen molar-refractivity contribution in [3.63, 3.8) is 0 Å². The van der Waals surface area contributed by atoms with Crippen LogP contribution >= 0.6 is 0 Å². The molecule has 1 aromatic carbocycles. The molecule has 1 aliphatic carbocycles. The molecule has 2 aliphatic rings. The predicted octanol–water partition coefficient (Wildman–Crippen LogP) is 5.72. The van der Waals surface area contributed by atoms with E-state index in [2.05, 4.69) is 36.1 Å². The minimum absolute atomic E-state index is 0.0269. The Bertz CT molecular complexity index is 1130. The number of halogens is 2. The van der Waals surface area contributed by atoms with Gasteiger partial charge in [0.1, 0.15) is 0 Å². The van der Waals surface area contributed by atoms with Crippen LogP contribution in [-0.4, -0.2) is 56.8 Å². The molecule has 2 unspecified atom stereocenters. The molecular formula is C29H40F2N4O3. The topological polar surface area (TPSA) is 87.5 Å². The summed E-state index contributed by atoms with van der Waals surface area (Å²) in [5.41, 5.74) is 0.846. The number of benzene rings is 1. The van der Waals surface area contributed by atoms with E-state index in [1.165, 1.54) is 6.07 Å². The van der Waals surface area contributed by atoms with E-state index in [4.69, 9.17) is 0 Å². The largest absolute Gasteiger partial charge is 0.481 e. The monoisotopic (exact) mass is 530 g/mol. The number of aliphatic carboxylic acids is 1. The average molecular weight is 531 g/mol. The van der Waals surface area contributed by atoms with E-state index >= 15 is 0 Å². The minimum atomic E-state index is -3.06. The van der Waals surface area contributed by atoms with E-state index in [9.17, 15) is 23.5 Å². The normalized spacial score (nSPS) is 22.5. The van der Waals surface area contributed by atoms with Crippen molar-refractivity contribution in [2.45, 2.75) is 90.3 Å². The number of hydrogen-bond acceptors (Lipinski definition) is 4. The predicted molar refractivity (Wildman–Crippen MR) is 142 cm³/mol. The number of hydrogen-bond donors (Lipinski definition) is 2. The fraction of sp³-hybridized carbons (Fsp3) is 0.621. The van der Waals surface area contributed by atoms with Gasteiger partial charge in [0.25, 0.3) is 11.8 Å². The second-order valence-electron chi connectivity index (χ2n) is 11.5. The van der Waals surface area contributed by atoms with Crippen LogP contribution < -0.4 is 5.32 Å². The van der Waals surface area contributed by atoms with Crippen molar-refractivity contribution in [3.05, 3.63) is 41.6 Å². The molecule has 1 aromatic heterocycles. The third-order valence-corrected chi connectivity index (χ3v) is 8.34. The Labute approximate surface area is 223 Å². The summed E-state index contributed by atoms with van der Waals surface area (Å²) in [5, 5.41) is 17.0. The van der Waals surface area contributed by atoms with Gasteiger partial charge in [0.15, 0.2) is 5.69 Å². The lowest BCUT2D eigenvalue weighted by molar-refractivity contribution is -0.137. The number of likely N-dealkylation sites (tertiary alicyclic amines) is 1. The molecule has 7 nitrogen and oxygen atoms in total. The van der Waals surface area contributed by atoms with Crippen LogP contribution in [0, 0.1) is 11.8 Å². The summed E-state index contributed by atoms with van der Waals surface area (Å²) in [6.45, 7) is 9.28. The van der Waals surface area contributed by atoms with Crippen molar-refractivity contribution in [3.8, 4) is 11.3 Å². The quantitative estimate of drug-likeness (QED) is 0.411. The van der Waals surface area contributed by atoms with Crippen molar-refractivity contribution in [1.29, 1.82) is 0 Å². The summed E-state index contributed by atoms with van der Waals surface area (Å²) in [7, 11) is 0. The smallest absolute Gasteiger partial charge is 0.305 e. The maximum absolute atomic E-state index is 14.5. The highest BCUT2D eigenvalue weighted by molar-refractivity contribution is 5.94. The van der Waals surface area contributed by atoms with Gasteiger partial charge < -0.3 is 15.3 Å². The SMILES string of the molecule is CC(CC(CC(=O)O)NC(=O)c1cc(-c2ccccc2C(C)(F)F)n(C2CCCC2)n1)N1C[C@@H](C)[C@H](C)C1. The summed E-state index contributed by atoms with van der Waals surface area (Å²) >= 11 is 0. The van der Waals surface area contributed by atoms with Gasteiger partial charge in [0.2, 0.25) is 0 Å². The van der Waals surface area contributed by atoms with Gasteiger partial charge in [-0.2, -0.15) is 5.10 Å². The van der Waals surface area contributed by atoms with Crippen molar-refractivity contribution >= 4 is 11.9 Å². The third kappa shape index (κ3) is 6.42. The van der Waals surface area contributed by atoms with E-state index in [1.54, 1.807) is 28.9 Å². The fourth-order valence-electron chi connectivity index (χ4n) is 5.98. The number of alkyl halides is 2. The fourth-order valence-corrected chi connectivity index (χ4v) is 5.98. The Balaban J connectivity index is 1.60. The Morgan fingerprint density at radius 3 is 2.39 bits per heavy atom. The molecule has 1 saturated carbocycles. The molecule has 0 spiro atoms. The van der Waals surface area contributed by atoms with Crippen LogP contribution in [0.1, 0.15) is 88.3 Å². The van der Waals surface area contributed by atoms with Gasteiger partial charge >= 0.3 is 5.97 Å². The van der Waals surface area contributed by atoms with Crippen LogP contribution in [-0.2, 0) is 10.7 Å². The summed E-state index contributed by atoms with van der Waals surface area (Å²) < 4.78 is 30.7. The zero-order valence-corrected chi connectivity index (χ0v) is 22.8. The number of nitrogens with one attached hydrogen (secondary N) is 1. The van der Waals surface area contributed by atoms with Crippen molar-refractivity contribution in [2.75, 3.05) is 13.1 Å². The summed E-state index contributed by atoms with van der Waals surface area (Å²) in [6.07, 6.45) is 4.07. The molecule has 0 radical (unpaired) electrons. The highest BCUT2D eigenvalue weighted by Crippen LogP contribution is 2.39. The maximum atomic E-state index is 14.5. The molecule has 208 valence electrons. The van der Waals surface area contributed by atoms with E-state index < -0.39 is 23.8 Å². The molecule has 9 heteroatoms. The van der Waals surface area contributed by atoms with Gasteiger partial charge in [0.05, 0.1) is 18.2 Å². The second-order valence-corrected chi connectivity index (χ2v) is 11.5. The highest BCUT2D eigenvalue weighted by Gasteiger charge is 2.33. The zero-order chi connectivity index (χ0) is 27.6. The Morgan fingerprint density at radius 1 is 1.16 bits per heavy atom. The number of nitrogens with zero attached hydrogens (tertiary/aromatic N) is 3. The van der Waals surface area contributed by atoms with Crippen LogP contribution in [0.4, 0.5) is 8.78 Å². The van der Waals surface area contributed by atoms with Gasteiger partial charge in [-0.15, -0.1) is 0 Å². The van der Waals surface area contributed by atoms with Crippen molar-refractivity contribution in [2.24, 2.45) is 11.8 Å². The zero-order valence-electron chi connectivity index (χ0n) is 22.8. The molecular weight excluding hydrogens is 490 g/mol. The van der Waals surface area contributed by atoms with Gasteiger partial charge in [0, 0.05) is 43.2 Å². The first-order valence-corrected chi connectivity index (χ1v) is 13.8. The molecule has 1 aliphatic heterocycles. The van der Waals surface area contributed by atoms with Gasteiger partial charge in [-0.1, -0.05) is 51.0 Å². The van der Waals surface area contributed by atoms with Gasteiger partial charge in [-0.25, -0.2) is 8.78 Å². The Hall–Kier alpha value is -2.81. The molecule has 38 heavy (non-hydrogen) atoms. The average Bonchev–Trinajstić information content (AvgIpc) is 3.58. The summed E-state index contributed by atoms with van der Waals surface area (Å²) in [6, 6.07) is 7.48. The highest BCUT2D eigenvalue weighted by atomic mass is 19.3. The third-order valence-electron chi connectivity index (χ3n) is 8.34. The van der Waals surface area contributed by atoms with Crippen molar-refractivity contribution in [1.82, 2.24) is 20.0 Å². The first-order chi connectivity index (χ1) is 17.9. The lowest BCUT2D eigenvalue weighted by atomic mass is 9.99. The second kappa shape index (κ2) is 11.5. The van der Waals surface area contributed by atoms with Crippen LogP contribution in [0.15, 0.2) is 30.3 Å². The van der Waals surface area contributed by atoms with Crippen LogP contribution in [0.25, 0.3) is 11.3 Å². The van der Waals surface area contributed by atoms with E-state index in [0.717, 1.165) is 45.7 Å². The van der Waals surface area contributed by atoms with Gasteiger partial charge in [-0.3, -0.25) is 14.3 Å². The van der Waals surface area contributed by atoms with E-state index in [-0.39, 0.29) is 29.8 Å². The lowest BCUT2D eigenvalue weighted by Gasteiger charge is -2.28. The van der Waals surface area contributed by atoms with Crippen LogP contribution in [0.2, 0.25) is 0 Å². The van der Waals surface area contributed by atoms with Gasteiger partial charge in [-0.05, 0) is 44.1 Å². The first-order valence-electron chi connectivity index (χ1n) is 13.8. The number of carboxylic acids is 1. The molecule has 2 aromatic rings.